The molecule has 1 aliphatic heterocycles. The topological polar surface area (TPSA) is 40.6 Å². The van der Waals surface area contributed by atoms with Gasteiger partial charge in [0.05, 0.1) is 7.11 Å². The minimum Gasteiger partial charge on any atom is -0.481 e. The number of methoxy groups -OCH3 is 1. The second-order valence-electron chi connectivity index (χ2n) is 3.20. The molecule has 0 atom stereocenters. The van der Waals surface area contributed by atoms with Gasteiger partial charge >= 0.3 is 0 Å². The smallest absolute Gasteiger partial charge is 0.276 e. The summed E-state index contributed by atoms with van der Waals surface area (Å²) in [5, 5.41) is 0. The first-order chi connectivity index (χ1) is 7.30. The van der Waals surface area contributed by atoms with Crippen molar-refractivity contribution in [1.82, 2.24) is 4.98 Å². The average molecular weight is 207 g/mol. The van der Waals surface area contributed by atoms with Crippen LogP contribution in [0.3, 0.4) is 0 Å². The van der Waals surface area contributed by atoms with Crippen molar-refractivity contribution in [3.05, 3.63) is 36.4 Å². The third-order valence-corrected chi connectivity index (χ3v) is 2.42. The Bertz CT molecular complexity index is 368. The van der Waals surface area contributed by atoms with Gasteiger partial charge in [0.1, 0.15) is 12.5 Å². The molecule has 0 spiro atoms. The fourth-order valence-electron chi connectivity index (χ4n) is 1.57. The molecule has 2 heterocycles. The Morgan fingerprint density at radius 2 is 2.13 bits per heavy atom. The lowest BCUT2D eigenvalue weighted by atomic mass is 10.0. The SMILES string of the molecule is CCC1(c2ccnc(OC)c2)OC=CO1. The zero-order valence-electron chi connectivity index (χ0n) is 8.77. The second-order valence-corrected chi connectivity index (χ2v) is 3.20. The molecule has 4 nitrogen and oxygen atoms in total. The highest BCUT2D eigenvalue weighted by Crippen LogP contribution is 2.35. The van der Waals surface area contributed by atoms with E-state index >= 15 is 0 Å². The van der Waals surface area contributed by atoms with Gasteiger partial charge in [-0.15, -0.1) is 0 Å². The molecule has 2 rings (SSSR count). The van der Waals surface area contributed by atoms with E-state index < -0.39 is 5.79 Å². The summed E-state index contributed by atoms with van der Waals surface area (Å²) in [6, 6.07) is 3.68. The van der Waals surface area contributed by atoms with Crippen LogP contribution in [-0.4, -0.2) is 12.1 Å². The van der Waals surface area contributed by atoms with Gasteiger partial charge in [-0.25, -0.2) is 4.98 Å². The van der Waals surface area contributed by atoms with Crippen LogP contribution >= 0.6 is 0 Å². The highest BCUT2D eigenvalue weighted by molar-refractivity contribution is 5.25. The van der Waals surface area contributed by atoms with Gasteiger partial charge in [0.2, 0.25) is 5.88 Å². The maximum absolute atomic E-state index is 5.49. The number of ether oxygens (including phenoxy) is 3. The Morgan fingerprint density at radius 3 is 2.73 bits per heavy atom. The van der Waals surface area contributed by atoms with Crippen LogP contribution in [0, 0.1) is 0 Å². The van der Waals surface area contributed by atoms with Crippen molar-refractivity contribution in [1.29, 1.82) is 0 Å². The van der Waals surface area contributed by atoms with E-state index in [2.05, 4.69) is 4.98 Å². The molecule has 1 aliphatic rings. The molecule has 0 N–H and O–H groups in total. The van der Waals surface area contributed by atoms with Gasteiger partial charge in [0.25, 0.3) is 5.79 Å². The highest BCUT2D eigenvalue weighted by Gasteiger charge is 2.36. The van der Waals surface area contributed by atoms with Crippen molar-refractivity contribution in [2.75, 3.05) is 7.11 Å². The van der Waals surface area contributed by atoms with Gasteiger partial charge in [-0.05, 0) is 6.07 Å². The van der Waals surface area contributed by atoms with Gasteiger partial charge < -0.3 is 14.2 Å². The first-order valence-corrected chi connectivity index (χ1v) is 4.82. The Balaban J connectivity index is 2.34. The third-order valence-electron chi connectivity index (χ3n) is 2.42. The molecule has 1 aromatic rings. The molecule has 80 valence electrons. The fraction of sp³-hybridized carbons (Fsp3) is 0.364. The summed E-state index contributed by atoms with van der Waals surface area (Å²) in [6.07, 6.45) is 5.50. The highest BCUT2D eigenvalue weighted by atomic mass is 16.7. The Morgan fingerprint density at radius 1 is 1.40 bits per heavy atom. The molecule has 0 radical (unpaired) electrons. The number of rotatable bonds is 3. The number of hydrogen-bond acceptors (Lipinski definition) is 4. The quantitative estimate of drug-likeness (QED) is 0.761. The molecule has 0 aliphatic carbocycles. The van der Waals surface area contributed by atoms with Crippen molar-refractivity contribution >= 4 is 0 Å². The lowest BCUT2D eigenvalue weighted by Gasteiger charge is -2.26. The van der Waals surface area contributed by atoms with Crippen LogP contribution in [0.1, 0.15) is 18.9 Å². The zero-order valence-corrected chi connectivity index (χ0v) is 8.77. The van der Waals surface area contributed by atoms with E-state index in [4.69, 9.17) is 14.2 Å². The summed E-state index contributed by atoms with van der Waals surface area (Å²) in [5.41, 5.74) is 0.904. The van der Waals surface area contributed by atoms with E-state index in [0.717, 1.165) is 5.56 Å². The summed E-state index contributed by atoms with van der Waals surface area (Å²) in [7, 11) is 1.58. The molecular weight excluding hydrogens is 194 g/mol. The van der Waals surface area contributed by atoms with Gasteiger partial charge in [-0.1, -0.05) is 6.92 Å². The summed E-state index contributed by atoms with van der Waals surface area (Å²) in [5.74, 6) is -0.157. The maximum atomic E-state index is 5.49. The summed E-state index contributed by atoms with van der Waals surface area (Å²) in [4.78, 5) is 4.04. The van der Waals surface area contributed by atoms with Crippen molar-refractivity contribution in [2.24, 2.45) is 0 Å². The molecule has 0 aromatic carbocycles. The van der Waals surface area contributed by atoms with Gasteiger partial charge in [0.15, 0.2) is 0 Å². The molecule has 0 bridgehead atoms. The minimum absolute atomic E-state index is 0.555. The van der Waals surface area contributed by atoms with Crippen LogP contribution in [0.5, 0.6) is 5.88 Å². The molecule has 0 saturated carbocycles. The number of aromatic nitrogens is 1. The third kappa shape index (κ3) is 1.63. The number of pyridine rings is 1. The average Bonchev–Trinajstić information content (AvgIpc) is 2.79. The zero-order chi connectivity index (χ0) is 10.7. The predicted octanol–water partition coefficient (Wildman–Crippen LogP) is 2.17. The first-order valence-electron chi connectivity index (χ1n) is 4.82. The largest absolute Gasteiger partial charge is 0.481 e. The molecule has 0 saturated heterocycles. The van der Waals surface area contributed by atoms with Gasteiger partial charge in [-0.3, -0.25) is 0 Å². The molecular formula is C11H13NO3. The molecule has 15 heavy (non-hydrogen) atoms. The first kappa shape index (κ1) is 9.83. The summed E-state index contributed by atoms with van der Waals surface area (Å²) in [6.45, 7) is 2.00. The second kappa shape index (κ2) is 3.81. The molecule has 0 amide bonds. The maximum Gasteiger partial charge on any atom is 0.276 e. The lowest BCUT2D eigenvalue weighted by Crippen LogP contribution is -2.25. The normalized spacial score (nSPS) is 16.9. The van der Waals surface area contributed by atoms with Crippen molar-refractivity contribution in [3.63, 3.8) is 0 Å². The lowest BCUT2D eigenvalue weighted by molar-refractivity contribution is -0.151. The molecule has 0 fully saturated rings. The Kier molecular flexibility index (Phi) is 2.49. The predicted molar refractivity (Wildman–Crippen MR) is 54.1 cm³/mol. The monoisotopic (exact) mass is 207 g/mol. The standard InChI is InChI=1S/C11H13NO3/c1-3-11(14-6-7-15-11)9-4-5-12-10(8-9)13-2/h4-8H,3H2,1-2H3. The van der Waals surface area contributed by atoms with Gasteiger partial charge in [-0.2, -0.15) is 0 Å². The summed E-state index contributed by atoms with van der Waals surface area (Å²) < 4.78 is 16.0. The van der Waals surface area contributed by atoms with E-state index in [1.54, 1.807) is 25.8 Å². The molecule has 4 heteroatoms. The number of hydrogen-bond donors (Lipinski definition) is 0. The summed E-state index contributed by atoms with van der Waals surface area (Å²) >= 11 is 0. The van der Waals surface area contributed by atoms with Crippen LogP contribution < -0.4 is 4.74 Å². The Labute approximate surface area is 88.5 Å². The van der Waals surface area contributed by atoms with Crippen LogP contribution in [0.2, 0.25) is 0 Å². The van der Waals surface area contributed by atoms with Crippen molar-refractivity contribution in [2.45, 2.75) is 19.1 Å². The van der Waals surface area contributed by atoms with Crippen LogP contribution in [0.25, 0.3) is 0 Å². The fourth-order valence-corrected chi connectivity index (χ4v) is 1.57. The van der Waals surface area contributed by atoms with E-state index in [0.29, 0.717) is 12.3 Å². The number of nitrogens with zero attached hydrogens (tertiary/aromatic N) is 1. The van der Waals surface area contributed by atoms with Crippen LogP contribution in [0.15, 0.2) is 30.9 Å². The van der Waals surface area contributed by atoms with Crippen LogP contribution in [-0.2, 0) is 15.3 Å². The molecule has 0 unspecified atom stereocenters. The Hall–Kier alpha value is -1.71. The van der Waals surface area contributed by atoms with E-state index in [9.17, 15) is 0 Å². The van der Waals surface area contributed by atoms with Crippen molar-refractivity contribution in [3.8, 4) is 5.88 Å². The van der Waals surface area contributed by atoms with E-state index in [1.165, 1.54) is 0 Å². The molecule has 1 aromatic heterocycles. The minimum atomic E-state index is -0.712. The van der Waals surface area contributed by atoms with E-state index in [-0.39, 0.29) is 0 Å². The van der Waals surface area contributed by atoms with E-state index in [1.807, 2.05) is 19.1 Å². The van der Waals surface area contributed by atoms with Gasteiger partial charge in [0, 0.05) is 24.2 Å². The van der Waals surface area contributed by atoms with Crippen molar-refractivity contribution < 1.29 is 14.2 Å². The van der Waals surface area contributed by atoms with Crippen LogP contribution in [0.4, 0.5) is 0 Å².